The predicted molar refractivity (Wildman–Crippen MR) is 104 cm³/mol. The fourth-order valence-corrected chi connectivity index (χ4v) is 4.71. The van der Waals surface area contributed by atoms with Crippen LogP contribution in [0.2, 0.25) is 5.02 Å². The number of hydrogen-bond acceptors (Lipinski definition) is 5. The number of nitrogens with one attached hydrogen (secondary N) is 2. The Balaban J connectivity index is 1.74. The van der Waals surface area contributed by atoms with Gasteiger partial charge in [-0.2, -0.15) is 0 Å². The minimum absolute atomic E-state index is 0.268. The quantitative estimate of drug-likeness (QED) is 0.642. The molecule has 0 atom stereocenters. The Hall–Kier alpha value is -2.09. The second-order valence-corrected chi connectivity index (χ2v) is 9.12. The van der Waals surface area contributed by atoms with Crippen molar-refractivity contribution in [2.45, 2.75) is 18.1 Å². The first-order valence-electron chi connectivity index (χ1n) is 7.42. The molecule has 25 heavy (non-hydrogen) atoms. The van der Waals surface area contributed by atoms with Crippen LogP contribution in [0.4, 0.5) is 17.2 Å². The molecule has 0 bridgehead atoms. The average molecular weight is 394 g/mol. The van der Waals surface area contributed by atoms with Gasteiger partial charge in [-0.3, -0.25) is 4.72 Å². The molecular formula is C17H16ClN3O2S2. The Morgan fingerprint density at radius 3 is 2.48 bits per heavy atom. The second kappa shape index (κ2) is 7.03. The first kappa shape index (κ1) is 17.7. The molecule has 0 aliphatic heterocycles. The molecule has 0 saturated carbocycles. The fourth-order valence-electron chi connectivity index (χ4n) is 2.20. The molecule has 0 aliphatic carbocycles. The lowest BCUT2D eigenvalue weighted by Crippen LogP contribution is -2.12. The molecule has 5 nitrogen and oxygen atoms in total. The largest absolute Gasteiger partial charge is 0.354 e. The van der Waals surface area contributed by atoms with Crippen molar-refractivity contribution in [1.82, 2.24) is 4.98 Å². The molecule has 130 valence electrons. The first-order chi connectivity index (χ1) is 11.8. The first-order valence-corrected chi connectivity index (χ1v) is 10.1. The lowest BCUT2D eigenvalue weighted by Gasteiger charge is -2.10. The normalized spacial score (nSPS) is 11.3. The number of aromatic nitrogens is 1. The van der Waals surface area contributed by atoms with E-state index in [-0.39, 0.29) is 10.0 Å². The van der Waals surface area contributed by atoms with E-state index >= 15 is 0 Å². The van der Waals surface area contributed by atoms with Gasteiger partial charge in [0.15, 0.2) is 0 Å². The molecule has 2 aromatic heterocycles. The van der Waals surface area contributed by atoms with Gasteiger partial charge in [-0.05, 0) is 61.9 Å². The van der Waals surface area contributed by atoms with Crippen LogP contribution in [0.3, 0.4) is 0 Å². The van der Waals surface area contributed by atoms with Crippen LogP contribution >= 0.6 is 22.9 Å². The third-order valence-corrected chi connectivity index (χ3v) is 6.53. The lowest BCUT2D eigenvalue weighted by molar-refractivity contribution is 0.603. The summed E-state index contributed by atoms with van der Waals surface area (Å²) < 4.78 is 27.4. The van der Waals surface area contributed by atoms with Gasteiger partial charge in [-0.1, -0.05) is 11.6 Å². The number of halogens is 1. The summed E-state index contributed by atoms with van der Waals surface area (Å²) in [6.07, 6.45) is 1.57. The summed E-state index contributed by atoms with van der Waals surface area (Å²) in [5.41, 5.74) is 2.67. The molecular weight excluding hydrogens is 378 g/mol. The van der Waals surface area contributed by atoms with Crippen LogP contribution in [0.15, 0.2) is 52.9 Å². The zero-order chi connectivity index (χ0) is 18.0. The van der Waals surface area contributed by atoms with Gasteiger partial charge < -0.3 is 5.32 Å². The molecule has 0 fully saturated rings. The zero-order valence-electron chi connectivity index (χ0n) is 13.6. The highest BCUT2D eigenvalue weighted by molar-refractivity contribution is 7.94. The Labute approximate surface area is 155 Å². The van der Waals surface area contributed by atoms with E-state index in [0.717, 1.165) is 21.8 Å². The van der Waals surface area contributed by atoms with Crippen LogP contribution in [0.1, 0.15) is 10.4 Å². The highest BCUT2D eigenvalue weighted by atomic mass is 35.5. The Kier molecular flexibility index (Phi) is 4.99. The van der Waals surface area contributed by atoms with Crippen LogP contribution < -0.4 is 10.0 Å². The predicted octanol–water partition coefficient (Wildman–Crippen LogP) is 4.96. The average Bonchev–Trinajstić information content (AvgIpc) is 2.99. The summed E-state index contributed by atoms with van der Waals surface area (Å²) >= 11 is 7.17. The van der Waals surface area contributed by atoms with Crippen LogP contribution in [0.25, 0.3) is 0 Å². The van der Waals surface area contributed by atoms with E-state index in [2.05, 4.69) is 15.0 Å². The van der Waals surface area contributed by atoms with Gasteiger partial charge in [-0.25, -0.2) is 13.4 Å². The minimum atomic E-state index is -3.60. The maximum Gasteiger partial charge on any atom is 0.272 e. The van der Waals surface area contributed by atoms with Crippen LogP contribution in [0.5, 0.6) is 0 Å². The third-order valence-electron chi connectivity index (χ3n) is 3.45. The topological polar surface area (TPSA) is 71.1 Å². The smallest absolute Gasteiger partial charge is 0.272 e. The number of anilines is 3. The molecule has 0 aliphatic rings. The summed E-state index contributed by atoms with van der Waals surface area (Å²) in [5.74, 6) is 0.268. The highest BCUT2D eigenvalue weighted by Crippen LogP contribution is 2.25. The number of nitrogens with zero attached hydrogens (tertiary/aromatic N) is 1. The van der Waals surface area contributed by atoms with Gasteiger partial charge in [0.2, 0.25) is 0 Å². The molecule has 3 aromatic rings. The van der Waals surface area contributed by atoms with E-state index in [9.17, 15) is 8.42 Å². The van der Waals surface area contributed by atoms with Crippen molar-refractivity contribution >= 4 is 50.2 Å². The Morgan fingerprint density at radius 2 is 1.88 bits per heavy atom. The molecule has 8 heteroatoms. The standard InChI is InChI=1S/C17H16ClN3O2S2/c1-11-9-13(18)4-6-15(11)20-14-5-7-16(19-10-14)21-25(22,23)17-8-3-12(2)24-17/h3-10,20H,1-2H3,(H,19,21). The molecule has 0 spiro atoms. The van der Waals surface area contributed by atoms with E-state index in [4.69, 9.17) is 11.6 Å². The van der Waals surface area contributed by atoms with Gasteiger partial charge in [-0.15, -0.1) is 11.3 Å². The molecule has 0 saturated heterocycles. The van der Waals surface area contributed by atoms with Gasteiger partial charge in [0.1, 0.15) is 10.0 Å². The van der Waals surface area contributed by atoms with Crippen LogP contribution in [-0.2, 0) is 10.0 Å². The molecule has 2 N–H and O–H groups in total. The summed E-state index contributed by atoms with van der Waals surface area (Å²) in [6.45, 7) is 3.81. The molecule has 1 aromatic carbocycles. The van der Waals surface area contributed by atoms with Crippen molar-refractivity contribution in [2.24, 2.45) is 0 Å². The molecule has 0 unspecified atom stereocenters. The van der Waals surface area contributed by atoms with E-state index < -0.39 is 10.0 Å². The van der Waals surface area contributed by atoms with Gasteiger partial charge in [0.05, 0.1) is 11.9 Å². The van der Waals surface area contributed by atoms with Crippen molar-refractivity contribution in [1.29, 1.82) is 0 Å². The SMILES string of the molecule is Cc1ccc(S(=O)(=O)Nc2ccc(Nc3ccc(Cl)cc3C)cn2)s1. The number of sulfonamides is 1. The van der Waals surface area contributed by atoms with E-state index in [0.29, 0.717) is 5.02 Å². The Bertz CT molecular complexity index is 999. The van der Waals surface area contributed by atoms with Crippen molar-refractivity contribution in [2.75, 3.05) is 10.0 Å². The van der Waals surface area contributed by atoms with E-state index in [1.807, 2.05) is 26.0 Å². The molecule has 3 rings (SSSR count). The van der Waals surface area contributed by atoms with Crippen LogP contribution in [-0.4, -0.2) is 13.4 Å². The number of thiophene rings is 1. The summed E-state index contributed by atoms with van der Waals surface area (Å²) in [4.78, 5) is 5.10. The number of rotatable bonds is 5. The highest BCUT2D eigenvalue weighted by Gasteiger charge is 2.16. The van der Waals surface area contributed by atoms with Gasteiger partial charge >= 0.3 is 0 Å². The van der Waals surface area contributed by atoms with Crippen LogP contribution in [0, 0.1) is 13.8 Å². The maximum atomic E-state index is 12.3. The van der Waals surface area contributed by atoms with Crippen molar-refractivity contribution < 1.29 is 8.42 Å². The monoisotopic (exact) mass is 393 g/mol. The maximum absolute atomic E-state index is 12.3. The number of hydrogen-bond donors (Lipinski definition) is 2. The summed E-state index contributed by atoms with van der Waals surface area (Å²) in [5, 5.41) is 3.90. The summed E-state index contributed by atoms with van der Waals surface area (Å²) in [6, 6.07) is 12.3. The molecule has 0 radical (unpaired) electrons. The van der Waals surface area contributed by atoms with Gasteiger partial charge in [0, 0.05) is 15.6 Å². The number of aryl methyl sites for hydroxylation is 2. The summed E-state index contributed by atoms with van der Waals surface area (Å²) in [7, 11) is -3.60. The van der Waals surface area contributed by atoms with Crippen molar-refractivity contribution in [3.8, 4) is 0 Å². The lowest BCUT2D eigenvalue weighted by atomic mass is 10.2. The zero-order valence-corrected chi connectivity index (χ0v) is 16.0. The minimum Gasteiger partial charge on any atom is -0.354 e. The fraction of sp³-hybridized carbons (Fsp3) is 0.118. The number of benzene rings is 1. The molecule has 2 heterocycles. The van der Waals surface area contributed by atoms with E-state index in [1.165, 1.54) is 11.3 Å². The van der Waals surface area contributed by atoms with Gasteiger partial charge in [0.25, 0.3) is 10.0 Å². The van der Waals surface area contributed by atoms with E-state index in [1.54, 1.807) is 36.5 Å². The molecule has 0 amide bonds. The number of pyridine rings is 1. The Morgan fingerprint density at radius 1 is 1.08 bits per heavy atom. The van der Waals surface area contributed by atoms with Crippen molar-refractivity contribution in [3.05, 3.63) is 64.1 Å². The second-order valence-electron chi connectivity index (χ2n) is 5.49. The van der Waals surface area contributed by atoms with Crippen molar-refractivity contribution in [3.63, 3.8) is 0 Å². The third kappa shape index (κ3) is 4.31.